The molecule has 1 heterocycles. The summed E-state index contributed by atoms with van der Waals surface area (Å²) in [6, 6.07) is 17.8. The van der Waals surface area contributed by atoms with Gasteiger partial charge in [-0.2, -0.15) is 0 Å². The van der Waals surface area contributed by atoms with E-state index in [1.165, 1.54) is 0 Å². The Bertz CT molecular complexity index is 659. The number of hydrogen-bond acceptors (Lipinski definition) is 2. The molecule has 4 heteroatoms. The van der Waals surface area contributed by atoms with Gasteiger partial charge in [0.15, 0.2) is 0 Å². The predicted octanol–water partition coefficient (Wildman–Crippen LogP) is 3.87. The Hall–Kier alpha value is -1.84. The average Bonchev–Trinajstić information content (AvgIpc) is 2.62. The summed E-state index contributed by atoms with van der Waals surface area (Å²) in [5.41, 5.74) is 2.14. The molecule has 23 heavy (non-hydrogen) atoms. The van der Waals surface area contributed by atoms with E-state index in [0.717, 1.165) is 16.1 Å². The van der Waals surface area contributed by atoms with E-state index in [1.807, 2.05) is 59.5 Å². The molecule has 0 bridgehead atoms. The van der Waals surface area contributed by atoms with Crippen molar-refractivity contribution >= 4 is 17.5 Å². The first-order valence-electron chi connectivity index (χ1n) is 7.92. The molecule has 1 unspecified atom stereocenters. The molecule has 2 aromatic carbocycles. The van der Waals surface area contributed by atoms with Crippen LogP contribution in [0.15, 0.2) is 54.6 Å². The quantitative estimate of drug-likeness (QED) is 0.852. The molecule has 0 aliphatic carbocycles. The van der Waals surface area contributed by atoms with Crippen molar-refractivity contribution in [3.8, 4) is 0 Å². The van der Waals surface area contributed by atoms with Gasteiger partial charge in [0.05, 0.1) is 13.2 Å². The van der Waals surface area contributed by atoms with Crippen molar-refractivity contribution in [2.45, 2.75) is 18.9 Å². The molecule has 0 spiro atoms. The Kier molecular flexibility index (Phi) is 5.31. The van der Waals surface area contributed by atoms with Gasteiger partial charge in [-0.3, -0.25) is 4.79 Å². The number of aryl methyl sites for hydroxylation is 1. The number of halogens is 1. The molecule has 0 aromatic heterocycles. The normalized spacial score (nSPS) is 18.0. The zero-order chi connectivity index (χ0) is 16.1. The van der Waals surface area contributed by atoms with Crippen LogP contribution in [0.1, 0.15) is 23.7 Å². The second-order valence-corrected chi connectivity index (χ2v) is 6.11. The molecule has 0 saturated carbocycles. The minimum atomic E-state index is -0.0331. The highest BCUT2D eigenvalue weighted by Crippen LogP contribution is 2.23. The molecule has 120 valence electrons. The molecule has 1 aliphatic rings. The van der Waals surface area contributed by atoms with Crippen molar-refractivity contribution in [1.82, 2.24) is 4.90 Å². The summed E-state index contributed by atoms with van der Waals surface area (Å²) in [6.07, 6.45) is 1.12. The lowest BCUT2D eigenvalue weighted by Gasteiger charge is -2.33. The van der Waals surface area contributed by atoms with Crippen LogP contribution < -0.4 is 0 Å². The van der Waals surface area contributed by atoms with Gasteiger partial charge in [-0.15, -0.1) is 0 Å². The van der Waals surface area contributed by atoms with Crippen LogP contribution in [0, 0.1) is 0 Å². The van der Waals surface area contributed by atoms with Crippen molar-refractivity contribution in [2.75, 3.05) is 19.7 Å². The zero-order valence-electron chi connectivity index (χ0n) is 13.0. The van der Waals surface area contributed by atoms with Crippen LogP contribution in [0.5, 0.6) is 0 Å². The smallest absolute Gasteiger partial charge is 0.223 e. The van der Waals surface area contributed by atoms with E-state index in [1.54, 1.807) is 0 Å². The first kappa shape index (κ1) is 16.0. The fourth-order valence-corrected chi connectivity index (χ4v) is 3.08. The van der Waals surface area contributed by atoms with E-state index >= 15 is 0 Å². The average molecular weight is 330 g/mol. The monoisotopic (exact) mass is 329 g/mol. The minimum Gasteiger partial charge on any atom is -0.370 e. The van der Waals surface area contributed by atoms with Crippen LogP contribution in [-0.4, -0.2) is 30.5 Å². The van der Waals surface area contributed by atoms with E-state index in [4.69, 9.17) is 16.3 Å². The van der Waals surface area contributed by atoms with Crippen molar-refractivity contribution in [2.24, 2.45) is 0 Å². The number of hydrogen-bond donors (Lipinski definition) is 0. The lowest BCUT2D eigenvalue weighted by Crippen LogP contribution is -2.42. The Balaban J connectivity index is 1.58. The van der Waals surface area contributed by atoms with Crippen molar-refractivity contribution in [3.63, 3.8) is 0 Å². The molecule has 2 aromatic rings. The molecule has 1 saturated heterocycles. The molecule has 3 rings (SSSR count). The highest BCUT2D eigenvalue weighted by atomic mass is 35.5. The zero-order valence-corrected chi connectivity index (χ0v) is 13.7. The van der Waals surface area contributed by atoms with Crippen LogP contribution >= 0.6 is 11.6 Å². The molecule has 1 atom stereocenters. The van der Waals surface area contributed by atoms with Gasteiger partial charge >= 0.3 is 0 Å². The van der Waals surface area contributed by atoms with Gasteiger partial charge in [0.1, 0.15) is 6.10 Å². The van der Waals surface area contributed by atoms with Crippen LogP contribution in [0.2, 0.25) is 5.02 Å². The third kappa shape index (κ3) is 4.12. The highest BCUT2D eigenvalue weighted by molar-refractivity contribution is 6.31. The van der Waals surface area contributed by atoms with E-state index in [9.17, 15) is 4.79 Å². The Morgan fingerprint density at radius 3 is 2.65 bits per heavy atom. The molecule has 0 radical (unpaired) electrons. The van der Waals surface area contributed by atoms with E-state index < -0.39 is 0 Å². The Labute approximate surface area is 141 Å². The summed E-state index contributed by atoms with van der Waals surface area (Å²) in [5.74, 6) is 0.161. The molecule has 1 fully saturated rings. The first-order chi connectivity index (χ1) is 11.2. The largest absolute Gasteiger partial charge is 0.370 e. The summed E-state index contributed by atoms with van der Waals surface area (Å²) in [4.78, 5) is 14.4. The molecule has 0 N–H and O–H groups in total. The third-order valence-corrected chi connectivity index (χ3v) is 4.53. The predicted molar refractivity (Wildman–Crippen MR) is 91.5 cm³/mol. The number of amides is 1. The second-order valence-electron chi connectivity index (χ2n) is 5.70. The Morgan fingerprint density at radius 2 is 1.87 bits per heavy atom. The number of ether oxygens (including phenoxy) is 1. The lowest BCUT2D eigenvalue weighted by atomic mass is 10.1. The number of nitrogens with zero attached hydrogens (tertiary/aromatic N) is 1. The topological polar surface area (TPSA) is 29.5 Å². The van der Waals surface area contributed by atoms with Crippen LogP contribution in [0.25, 0.3) is 0 Å². The first-order valence-corrected chi connectivity index (χ1v) is 8.29. The fraction of sp³-hybridized carbons (Fsp3) is 0.316. The summed E-state index contributed by atoms with van der Waals surface area (Å²) in [6.45, 7) is 1.85. The van der Waals surface area contributed by atoms with Crippen LogP contribution in [0.3, 0.4) is 0 Å². The van der Waals surface area contributed by atoms with E-state index in [0.29, 0.717) is 32.5 Å². The third-order valence-electron chi connectivity index (χ3n) is 4.16. The van der Waals surface area contributed by atoms with E-state index in [-0.39, 0.29) is 12.0 Å². The minimum absolute atomic E-state index is 0.0331. The van der Waals surface area contributed by atoms with Crippen molar-refractivity contribution in [1.29, 1.82) is 0 Å². The second kappa shape index (κ2) is 7.62. The van der Waals surface area contributed by atoms with Crippen molar-refractivity contribution in [3.05, 3.63) is 70.7 Å². The SMILES string of the molecule is O=C(CCc1ccccc1Cl)N1CCOC(c2ccccc2)C1. The van der Waals surface area contributed by atoms with Gasteiger partial charge in [0.2, 0.25) is 5.91 Å². The van der Waals surface area contributed by atoms with Gasteiger partial charge in [0.25, 0.3) is 0 Å². The van der Waals surface area contributed by atoms with Gasteiger partial charge in [-0.05, 0) is 23.6 Å². The Morgan fingerprint density at radius 1 is 1.13 bits per heavy atom. The summed E-state index contributed by atoms with van der Waals surface area (Å²) in [7, 11) is 0. The summed E-state index contributed by atoms with van der Waals surface area (Å²) >= 11 is 6.15. The molecular formula is C19H20ClNO2. The summed E-state index contributed by atoms with van der Waals surface area (Å²) < 4.78 is 5.81. The maximum Gasteiger partial charge on any atom is 0.223 e. The molecule has 1 amide bonds. The van der Waals surface area contributed by atoms with Crippen molar-refractivity contribution < 1.29 is 9.53 Å². The number of benzene rings is 2. The summed E-state index contributed by atoms with van der Waals surface area (Å²) in [5, 5.41) is 0.726. The maximum absolute atomic E-state index is 12.5. The number of carbonyl (C=O) groups excluding carboxylic acids is 1. The van der Waals surface area contributed by atoms with Gasteiger partial charge in [-0.25, -0.2) is 0 Å². The molecular weight excluding hydrogens is 310 g/mol. The van der Waals surface area contributed by atoms with Crippen LogP contribution in [0.4, 0.5) is 0 Å². The maximum atomic E-state index is 12.5. The standard InChI is InChI=1S/C19H20ClNO2/c20-17-9-5-4-6-15(17)10-11-19(22)21-12-13-23-18(14-21)16-7-2-1-3-8-16/h1-9,18H,10-14H2. The fourth-order valence-electron chi connectivity index (χ4n) is 2.85. The van der Waals surface area contributed by atoms with Gasteiger partial charge < -0.3 is 9.64 Å². The lowest BCUT2D eigenvalue weighted by molar-refractivity contribution is -0.139. The highest BCUT2D eigenvalue weighted by Gasteiger charge is 2.25. The van der Waals surface area contributed by atoms with Crippen LogP contribution in [-0.2, 0) is 16.0 Å². The molecule has 3 nitrogen and oxygen atoms in total. The molecule has 1 aliphatic heterocycles. The number of rotatable bonds is 4. The van der Waals surface area contributed by atoms with Gasteiger partial charge in [-0.1, -0.05) is 60.1 Å². The van der Waals surface area contributed by atoms with Gasteiger partial charge in [0, 0.05) is 18.0 Å². The number of carbonyl (C=O) groups is 1. The number of morpholine rings is 1. The van der Waals surface area contributed by atoms with E-state index in [2.05, 4.69) is 0 Å².